The molecule has 1 aromatic rings. The van der Waals surface area contributed by atoms with Crippen LogP contribution in [0, 0.1) is 23.2 Å². The van der Waals surface area contributed by atoms with Crippen molar-refractivity contribution in [2.75, 3.05) is 24.5 Å². The Morgan fingerprint density at radius 2 is 1.55 bits per heavy atom. The molecule has 0 bridgehead atoms. The Kier molecular flexibility index (Phi) is 7.94. The maximum absolute atomic E-state index is 12.3. The number of likely N-dealkylation sites (tertiary alicyclic amines) is 1. The van der Waals surface area contributed by atoms with E-state index in [2.05, 4.69) is 43.9 Å². The quantitative estimate of drug-likeness (QED) is 0.481. The van der Waals surface area contributed by atoms with Crippen LogP contribution in [0.25, 0.3) is 0 Å². The van der Waals surface area contributed by atoms with E-state index in [0.29, 0.717) is 18.4 Å². The highest BCUT2D eigenvalue weighted by Gasteiger charge is 2.28. The maximum atomic E-state index is 12.3. The lowest BCUT2D eigenvalue weighted by molar-refractivity contribution is -0.128. The predicted molar refractivity (Wildman–Crippen MR) is 135 cm³/mol. The Hall–Kier alpha value is -1.68. The van der Waals surface area contributed by atoms with Crippen molar-refractivity contribution >= 4 is 17.4 Å². The van der Waals surface area contributed by atoms with Crippen molar-refractivity contribution in [2.24, 2.45) is 23.2 Å². The van der Waals surface area contributed by atoms with Crippen LogP contribution in [0.3, 0.4) is 0 Å². The van der Waals surface area contributed by atoms with Crippen LogP contribution in [0.4, 0.5) is 5.69 Å². The van der Waals surface area contributed by atoms with Gasteiger partial charge in [0.2, 0.25) is 5.91 Å². The van der Waals surface area contributed by atoms with Gasteiger partial charge in [-0.15, -0.1) is 0 Å². The summed E-state index contributed by atoms with van der Waals surface area (Å²) in [5.41, 5.74) is 2.70. The Morgan fingerprint density at radius 1 is 0.879 bits per heavy atom. The number of piperidine rings is 2. The monoisotopic (exact) mass is 452 g/mol. The molecule has 4 heteroatoms. The number of hydrogen-bond acceptors (Lipinski definition) is 3. The first-order chi connectivity index (χ1) is 15.7. The molecule has 1 aromatic carbocycles. The first-order valence-electron chi connectivity index (χ1n) is 13.4. The summed E-state index contributed by atoms with van der Waals surface area (Å²) < 4.78 is 0. The van der Waals surface area contributed by atoms with Crippen LogP contribution < -0.4 is 4.90 Å². The van der Waals surface area contributed by atoms with Crippen LogP contribution in [0.1, 0.15) is 90.5 Å². The molecule has 1 aliphatic carbocycles. The topological polar surface area (TPSA) is 40.6 Å². The molecule has 4 rings (SSSR count). The zero-order valence-electron chi connectivity index (χ0n) is 21.2. The van der Waals surface area contributed by atoms with E-state index in [1.165, 1.54) is 70.0 Å². The molecule has 0 aromatic heterocycles. The minimum Gasteiger partial charge on any atom is -0.312 e. The number of amides is 1. The molecular formula is C29H44N2O2. The molecule has 0 spiro atoms. The fraction of sp³-hybridized carbons (Fsp3) is 0.724. The van der Waals surface area contributed by atoms with Gasteiger partial charge in [-0.2, -0.15) is 0 Å². The highest BCUT2D eigenvalue weighted by Crippen LogP contribution is 2.39. The molecule has 0 N–H and O–H groups in total. The summed E-state index contributed by atoms with van der Waals surface area (Å²) in [4.78, 5) is 28.2. The number of carbonyl (C=O) groups excluding carboxylic acids is 2. The first-order valence-corrected chi connectivity index (χ1v) is 13.4. The van der Waals surface area contributed by atoms with E-state index in [1.807, 2.05) is 6.07 Å². The number of nitrogens with zero attached hydrogens (tertiary/aromatic N) is 2. The summed E-state index contributed by atoms with van der Waals surface area (Å²) in [5, 5.41) is 0. The summed E-state index contributed by atoms with van der Waals surface area (Å²) in [6, 6.07) is 8.37. The number of anilines is 1. The van der Waals surface area contributed by atoms with Crippen LogP contribution in [0.15, 0.2) is 24.3 Å². The van der Waals surface area contributed by atoms with Gasteiger partial charge >= 0.3 is 0 Å². The van der Waals surface area contributed by atoms with Crippen LogP contribution in [-0.4, -0.2) is 36.2 Å². The molecule has 0 unspecified atom stereocenters. The molecular weight excluding hydrogens is 408 g/mol. The molecule has 2 saturated heterocycles. The molecule has 4 nitrogen and oxygen atoms in total. The van der Waals surface area contributed by atoms with Crippen molar-refractivity contribution in [1.82, 2.24) is 4.90 Å². The van der Waals surface area contributed by atoms with Gasteiger partial charge in [0.15, 0.2) is 0 Å². The van der Waals surface area contributed by atoms with Gasteiger partial charge in [0.1, 0.15) is 5.78 Å². The molecule has 182 valence electrons. The molecule has 0 atom stereocenters. The molecule has 2 heterocycles. The highest BCUT2D eigenvalue weighted by molar-refractivity contribution is 6.08. The van der Waals surface area contributed by atoms with Gasteiger partial charge in [-0.25, -0.2) is 0 Å². The largest absolute Gasteiger partial charge is 0.312 e. The van der Waals surface area contributed by atoms with E-state index in [9.17, 15) is 9.59 Å². The second kappa shape index (κ2) is 10.7. The van der Waals surface area contributed by atoms with Crippen molar-refractivity contribution in [3.8, 4) is 0 Å². The number of hydrogen-bond donors (Lipinski definition) is 0. The summed E-state index contributed by atoms with van der Waals surface area (Å²) in [5.74, 6) is 2.83. The van der Waals surface area contributed by atoms with Gasteiger partial charge in [-0.3, -0.25) is 14.5 Å². The van der Waals surface area contributed by atoms with Gasteiger partial charge in [0, 0.05) is 25.2 Å². The van der Waals surface area contributed by atoms with Crippen molar-refractivity contribution in [1.29, 1.82) is 0 Å². The first kappa shape index (κ1) is 24.4. The lowest BCUT2D eigenvalue weighted by Gasteiger charge is -2.37. The Bertz CT molecular complexity index is 811. The minimum atomic E-state index is -0.0587. The number of Topliss-reactive ketones (excluding diaryl/α,β-unsaturated/α-hetero) is 1. The minimum absolute atomic E-state index is 0.0516. The van der Waals surface area contributed by atoms with Crippen molar-refractivity contribution in [3.05, 3.63) is 29.8 Å². The summed E-state index contributed by atoms with van der Waals surface area (Å²) in [7, 11) is 0. The molecule has 2 aliphatic heterocycles. The summed E-state index contributed by atoms with van der Waals surface area (Å²) >= 11 is 0. The standard InChI is InChI=1S/C29H44N2O2/c1-29(2,3)20-24-9-7-22(8-10-24)17-23-11-14-30(15-12-23)21-25-5-4-6-26(18-25)31-16-13-27(32)19-28(31)33/h4-6,18,22-24H,7-17,19-21H2,1-3H3. The third-order valence-electron chi connectivity index (χ3n) is 8.13. The Labute approximate surface area is 201 Å². The van der Waals surface area contributed by atoms with E-state index in [-0.39, 0.29) is 18.1 Å². The molecule has 33 heavy (non-hydrogen) atoms. The summed E-state index contributed by atoms with van der Waals surface area (Å²) in [6.07, 6.45) is 11.8. The third-order valence-corrected chi connectivity index (χ3v) is 8.13. The van der Waals surface area contributed by atoms with Crippen LogP contribution >= 0.6 is 0 Å². The number of rotatable bonds is 6. The van der Waals surface area contributed by atoms with E-state index >= 15 is 0 Å². The van der Waals surface area contributed by atoms with Gasteiger partial charge in [-0.05, 0) is 79.6 Å². The molecule has 0 radical (unpaired) electrons. The van der Waals surface area contributed by atoms with E-state index in [1.54, 1.807) is 4.90 Å². The maximum Gasteiger partial charge on any atom is 0.234 e. The van der Waals surface area contributed by atoms with Gasteiger partial charge in [0.05, 0.1) is 6.42 Å². The number of ketones is 1. The lowest BCUT2D eigenvalue weighted by atomic mass is 9.72. The summed E-state index contributed by atoms with van der Waals surface area (Å²) in [6.45, 7) is 11.0. The zero-order valence-corrected chi connectivity index (χ0v) is 21.2. The van der Waals surface area contributed by atoms with Crippen molar-refractivity contribution < 1.29 is 9.59 Å². The normalized spacial score (nSPS) is 26.1. The smallest absolute Gasteiger partial charge is 0.234 e. The van der Waals surface area contributed by atoms with Crippen molar-refractivity contribution in [3.63, 3.8) is 0 Å². The van der Waals surface area contributed by atoms with E-state index < -0.39 is 0 Å². The third kappa shape index (κ3) is 7.15. The second-order valence-electron chi connectivity index (χ2n) is 12.3. The van der Waals surface area contributed by atoms with Crippen LogP contribution in [-0.2, 0) is 16.1 Å². The fourth-order valence-electron chi connectivity index (χ4n) is 6.46. The number of benzene rings is 1. The van der Waals surface area contributed by atoms with Crippen LogP contribution in [0.5, 0.6) is 0 Å². The molecule has 1 amide bonds. The van der Waals surface area contributed by atoms with Crippen LogP contribution in [0.2, 0.25) is 0 Å². The fourth-order valence-corrected chi connectivity index (χ4v) is 6.46. The Morgan fingerprint density at radius 3 is 2.21 bits per heavy atom. The zero-order chi connectivity index (χ0) is 23.4. The average Bonchev–Trinajstić information content (AvgIpc) is 2.76. The molecule has 3 fully saturated rings. The SMILES string of the molecule is CC(C)(C)CC1CCC(CC2CCN(Cc3cccc(N4CCC(=O)CC4=O)c3)CC2)CC1. The van der Waals surface area contributed by atoms with Gasteiger partial charge in [-0.1, -0.05) is 58.6 Å². The van der Waals surface area contributed by atoms with E-state index in [4.69, 9.17) is 0 Å². The average molecular weight is 453 g/mol. The molecule has 3 aliphatic rings. The Balaban J connectivity index is 1.20. The highest BCUT2D eigenvalue weighted by atomic mass is 16.2. The lowest BCUT2D eigenvalue weighted by Crippen LogP contribution is -2.39. The number of carbonyl (C=O) groups is 2. The van der Waals surface area contributed by atoms with Gasteiger partial charge < -0.3 is 4.90 Å². The van der Waals surface area contributed by atoms with Gasteiger partial charge in [0.25, 0.3) is 0 Å². The molecule has 1 saturated carbocycles. The van der Waals surface area contributed by atoms with Crippen molar-refractivity contribution in [2.45, 2.75) is 91.5 Å². The van der Waals surface area contributed by atoms with E-state index in [0.717, 1.165) is 30.0 Å². The predicted octanol–water partition coefficient (Wildman–Crippen LogP) is 6.23. The second-order valence-corrected chi connectivity index (χ2v) is 12.3.